The summed E-state index contributed by atoms with van der Waals surface area (Å²) in [6.07, 6.45) is 3.82. The molecule has 2 N–H and O–H groups in total. The molecule has 1 aliphatic rings. The topological polar surface area (TPSA) is 40.2 Å². The van der Waals surface area contributed by atoms with Gasteiger partial charge in [-0.3, -0.25) is 4.98 Å². The van der Waals surface area contributed by atoms with E-state index in [4.69, 9.17) is 9.47 Å². The van der Waals surface area contributed by atoms with Gasteiger partial charge in [0.05, 0.1) is 19.8 Å². The first-order chi connectivity index (χ1) is 11.8. The predicted octanol–water partition coefficient (Wildman–Crippen LogP) is -0.418. The molecule has 5 nitrogen and oxygen atoms in total. The summed E-state index contributed by atoms with van der Waals surface area (Å²) in [5.41, 5.74) is 2.55. The van der Waals surface area contributed by atoms with Gasteiger partial charge in [-0.2, -0.15) is 0 Å². The quantitative estimate of drug-likeness (QED) is 0.756. The summed E-state index contributed by atoms with van der Waals surface area (Å²) >= 11 is 0. The standard InChI is InChI=1S/C19H25N3O2/c1-23-18-5-6-19(24-2)17(12-18)15-22-10-8-21(9-11-22)14-16-4-3-7-20-13-16/h3-7,12-13H,8-11,14-15H2,1-2H3/p+2. The van der Waals surface area contributed by atoms with Gasteiger partial charge in [0, 0.05) is 18.0 Å². The third-order valence-corrected chi connectivity index (χ3v) is 4.77. The van der Waals surface area contributed by atoms with E-state index >= 15 is 0 Å². The number of methoxy groups -OCH3 is 2. The van der Waals surface area contributed by atoms with Gasteiger partial charge in [0.15, 0.2) is 0 Å². The molecule has 1 fully saturated rings. The molecule has 0 atom stereocenters. The molecule has 24 heavy (non-hydrogen) atoms. The third kappa shape index (κ3) is 4.24. The van der Waals surface area contributed by atoms with Crippen LogP contribution in [-0.4, -0.2) is 45.4 Å². The number of aromatic nitrogens is 1. The van der Waals surface area contributed by atoms with Crippen molar-refractivity contribution in [2.45, 2.75) is 13.1 Å². The minimum Gasteiger partial charge on any atom is -0.497 e. The fourth-order valence-corrected chi connectivity index (χ4v) is 3.39. The molecule has 0 unspecified atom stereocenters. The van der Waals surface area contributed by atoms with E-state index in [-0.39, 0.29) is 0 Å². The highest BCUT2D eigenvalue weighted by atomic mass is 16.5. The second-order valence-electron chi connectivity index (χ2n) is 6.39. The van der Waals surface area contributed by atoms with Gasteiger partial charge in [0.2, 0.25) is 0 Å². The van der Waals surface area contributed by atoms with Crippen LogP contribution in [0.2, 0.25) is 0 Å². The van der Waals surface area contributed by atoms with Crippen LogP contribution in [0.4, 0.5) is 0 Å². The normalized spacial score (nSPS) is 20.6. The van der Waals surface area contributed by atoms with Crippen LogP contribution >= 0.6 is 0 Å². The molecular weight excluding hydrogens is 302 g/mol. The van der Waals surface area contributed by atoms with Crippen molar-refractivity contribution in [3.8, 4) is 11.5 Å². The van der Waals surface area contributed by atoms with Crippen molar-refractivity contribution in [1.82, 2.24) is 4.98 Å². The van der Waals surface area contributed by atoms with Gasteiger partial charge in [-0.1, -0.05) is 6.07 Å². The van der Waals surface area contributed by atoms with E-state index in [1.165, 1.54) is 37.3 Å². The maximum Gasteiger partial charge on any atom is 0.127 e. The fourth-order valence-electron chi connectivity index (χ4n) is 3.39. The van der Waals surface area contributed by atoms with Gasteiger partial charge in [0.1, 0.15) is 50.8 Å². The number of piperazine rings is 1. The average molecular weight is 329 g/mol. The number of hydrogen-bond acceptors (Lipinski definition) is 3. The molecule has 0 bridgehead atoms. The first-order valence-electron chi connectivity index (χ1n) is 8.55. The average Bonchev–Trinajstić information content (AvgIpc) is 2.64. The smallest absolute Gasteiger partial charge is 0.127 e. The summed E-state index contributed by atoms with van der Waals surface area (Å²) in [6.45, 7) is 6.79. The Balaban J connectivity index is 1.55. The summed E-state index contributed by atoms with van der Waals surface area (Å²) in [7, 11) is 3.44. The first-order valence-corrected chi connectivity index (χ1v) is 8.55. The number of benzene rings is 1. The van der Waals surface area contributed by atoms with Crippen LogP contribution in [0.5, 0.6) is 11.5 Å². The maximum absolute atomic E-state index is 5.51. The number of nitrogens with one attached hydrogen (secondary N) is 2. The number of hydrogen-bond donors (Lipinski definition) is 2. The first kappa shape index (κ1) is 16.7. The summed E-state index contributed by atoms with van der Waals surface area (Å²) in [4.78, 5) is 7.46. The number of quaternary nitrogens is 2. The summed E-state index contributed by atoms with van der Waals surface area (Å²) in [5, 5.41) is 0. The highest BCUT2D eigenvalue weighted by Gasteiger charge is 2.24. The predicted molar refractivity (Wildman–Crippen MR) is 92.6 cm³/mol. The summed E-state index contributed by atoms with van der Waals surface area (Å²) in [6, 6.07) is 10.2. The SMILES string of the molecule is COc1ccc(OC)c(C[NH+]2CC[NH+](Cc3cccnc3)CC2)c1. The van der Waals surface area contributed by atoms with Gasteiger partial charge >= 0.3 is 0 Å². The van der Waals surface area contributed by atoms with Crippen molar-refractivity contribution >= 4 is 0 Å². The number of nitrogens with zero attached hydrogens (tertiary/aromatic N) is 1. The minimum absolute atomic E-state index is 0.894. The monoisotopic (exact) mass is 329 g/mol. The van der Waals surface area contributed by atoms with Crippen molar-refractivity contribution in [1.29, 1.82) is 0 Å². The van der Waals surface area contributed by atoms with Gasteiger partial charge in [0.25, 0.3) is 0 Å². The summed E-state index contributed by atoms with van der Waals surface area (Å²) < 4.78 is 10.9. The van der Waals surface area contributed by atoms with E-state index < -0.39 is 0 Å². The van der Waals surface area contributed by atoms with E-state index in [1.54, 1.807) is 24.0 Å². The number of ether oxygens (including phenoxy) is 2. The molecule has 128 valence electrons. The molecule has 1 aromatic heterocycles. The Morgan fingerprint density at radius 1 is 0.958 bits per heavy atom. The van der Waals surface area contributed by atoms with Crippen LogP contribution < -0.4 is 19.3 Å². The maximum atomic E-state index is 5.51. The van der Waals surface area contributed by atoms with E-state index in [0.717, 1.165) is 24.6 Å². The molecule has 5 heteroatoms. The molecule has 0 aliphatic carbocycles. The minimum atomic E-state index is 0.894. The van der Waals surface area contributed by atoms with E-state index in [9.17, 15) is 0 Å². The van der Waals surface area contributed by atoms with Gasteiger partial charge in [-0.05, 0) is 24.3 Å². The zero-order valence-corrected chi connectivity index (χ0v) is 14.5. The fraction of sp³-hybridized carbons (Fsp3) is 0.421. The lowest BCUT2D eigenvalue weighted by atomic mass is 10.1. The Morgan fingerprint density at radius 2 is 1.71 bits per heavy atom. The number of rotatable bonds is 6. The van der Waals surface area contributed by atoms with Crippen LogP contribution in [0.1, 0.15) is 11.1 Å². The Kier molecular flexibility index (Phi) is 5.67. The van der Waals surface area contributed by atoms with Crippen molar-refractivity contribution in [2.75, 3.05) is 40.4 Å². The molecule has 0 amide bonds. The second-order valence-corrected chi connectivity index (χ2v) is 6.39. The van der Waals surface area contributed by atoms with E-state index in [1.807, 2.05) is 30.6 Å². The Morgan fingerprint density at radius 3 is 2.33 bits per heavy atom. The molecule has 2 heterocycles. The molecule has 1 saturated heterocycles. The third-order valence-electron chi connectivity index (χ3n) is 4.77. The zero-order chi connectivity index (χ0) is 16.8. The van der Waals surface area contributed by atoms with Crippen molar-refractivity contribution in [2.24, 2.45) is 0 Å². The molecule has 0 spiro atoms. The molecule has 0 saturated carbocycles. The van der Waals surface area contributed by atoms with Crippen LogP contribution in [0.3, 0.4) is 0 Å². The van der Waals surface area contributed by atoms with Crippen LogP contribution in [0.25, 0.3) is 0 Å². The lowest BCUT2D eigenvalue weighted by Crippen LogP contribution is -3.27. The Bertz CT molecular complexity index is 640. The number of pyridine rings is 1. The lowest BCUT2D eigenvalue weighted by Gasteiger charge is -2.30. The van der Waals surface area contributed by atoms with Crippen molar-refractivity contribution < 1.29 is 19.3 Å². The summed E-state index contributed by atoms with van der Waals surface area (Å²) in [5.74, 6) is 1.85. The van der Waals surface area contributed by atoms with E-state index in [0.29, 0.717) is 0 Å². The highest BCUT2D eigenvalue weighted by Crippen LogP contribution is 2.23. The van der Waals surface area contributed by atoms with Crippen LogP contribution in [0.15, 0.2) is 42.7 Å². The lowest BCUT2D eigenvalue weighted by molar-refractivity contribution is -1.02. The molecule has 1 aromatic carbocycles. The second kappa shape index (κ2) is 8.13. The molecule has 1 aliphatic heterocycles. The Labute approximate surface area is 143 Å². The highest BCUT2D eigenvalue weighted by molar-refractivity contribution is 5.39. The van der Waals surface area contributed by atoms with Gasteiger partial charge < -0.3 is 19.3 Å². The van der Waals surface area contributed by atoms with Crippen molar-refractivity contribution in [3.63, 3.8) is 0 Å². The largest absolute Gasteiger partial charge is 0.497 e. The van der Waals surface area contributed by atoms with E-state index in [2.05, 4.69) is 17.1 Å². The van der Waals surface area contributed by atoms with Crippen molar-refractivity contribution in [3.05, 3.63) is 53.9 Å². The molecule has 0 radical (unpaired) electrons. The van der Waals surface area contributed by atoms with Crippen LogP contribution in [-0.2, 0) is 13.1 Å². The molecule has 3 rings (SSSR count). The van der Waals surface area contributed by atoms with Gasteiger partial charge in [-0.25, -0.2) is 0 Å². The van der Waals surface area contributed by atoms with Crippen LogP contribution in [0, 0.1) is 0 Å². The molecule has 2 aromatic rings. The zero-order valence-electron chi connectivity index (χ0n) is 14.5. The Hall–Kier alpha value is -2.11. The van der Waals surface area contributed by atoms with Gasteiger partial charge in [-0.15, -0.1) is 0 Å². The molecular formula is C19H27N3O2+2.